The van der Waals surface area contributed by atoms with Crippen LogP contribution in [0.2, 0.25) is 0 Å². The van der Waals surface area contributed by atoms with Gasteiger partial charge >= 0.3 is 6.18 Å². The molecule has 0 radical (unpaired) electrons. The molecule has 0 spiro atoms. The van der Waals surface area contributed by atoms with Crippen molar-refractivity contribution in [2.45, 2.75) is 12.7 Å². The molecule has 0 aliphatic heterocycles. The molecule has 16 heavy (non-hydrogen) atoms. The zero-order valence-electron chi connectivity index (χ0n) is 8.89. The van der Waals surface area contributed by atoms with Crippen LogP contribution in [-0.2, 0) is 12.7 Å². The van der Waals surface area contributed by atoms with Crippen LogP contribution in [0.25, 0.3) is 0 Å². The van der Waals surface area contributed by atoms with Gasteiger partial charge in [0, 0.05) is 6.54 Å². The van der Waals surface area contributed by atoms with E-state index in [1.54, 1.807) is 7.05 Å². The van der Waals surface area contributed by atoms with Crippen molar-refractivity contribution in [1.82, 2.24) is 5.32 Å². The standard InChI is InChI=1S/C10H12F3NO.ClH/c1-14-6-7-3-4-8(10(11,12)13)9(5-7)15-2;/h3-5,14H,6H2,1-2H3;1H. The van der Waals surface area contributed by atoms with Gasteiger partial charge in [0.2, 0.25) is 0 Å². The van der Waals surface area contributed by atoms with E-state index in [1.807, 2.05) is 0 Å². The number of hydrogen-bond donors (Lipinski definition) is 1. The van der Waals surface area contributed by atoms with E-state index in [0.717, 1.165) is 11.6 Å². The van der Waals surface area contributed by atoms with E-state index in [-0.39, 0.29) is 18.2 Å². The average molecular weight is 256 g/mol. The lowest BCUT2D eigenvalue weighted by molar-refractivity contribution is -0.138. The molecule has 1 aromatic rings. The number of ether oxygens (including phenoxy) is 1. The maximum absolute atomic E-state index is 12.5. The Kier molecular flexibility index (Phi) is 5.61. The summed E-state index contributed by atoms with van der Waals surface area (Å²) < 4.78 is 42.1. The SMILES string of the molecule is CNCc1ccc(C(F)(F)F)c(OC)c1.Cl. The first-order chi connectivity index (χ1) is 6.99. The molecule has 0 aromatic heterocycles. The van der Waals surface area contributed by atoms with E-state index in [4.69, 9.17) is 4.74 Å². The fourth-order valence-electron chi connectivity index (χ4n) is 1.28. The first-order valence-electron chi connectivity index (χ1n) is 4.37. The fourth-order valence-corrected chi connectivity index (χ4v) is 1.28. The molecule has 92 valence electrons. The summed E-state index contributed by atoms with van der Waals surface area (Å²) >= 11 is 0. The summed E-state index contributed by atoms with van der Waals surface area (Å²) in [7, 11) is 2.96. The van der Waals surface area contributed by atoms with Crippen molar-refractivity contribution < 1.29 is 17.9 Å². The smallest absolute Gasteiger partial charge is 0.419 e. The van der Waals surface area contributed by atoms with Crippen LogP contribution in [-0.4, -0.2) is 14.2 Å². The summed E-state index contributed by atoms with van der Waals surface area (Å²) in [6.45, 7) is 0.508. The highest BCUT2D eigenvalue weighted by molar-refractivity contribution is 5.85. The van der Waals surface area contributed by atoms with Gasteiger partial charge in [0.15, 0.2) is 0 Å². The summed E-state index contributed by atoms with van der Waals surface area (Å²) in [5, 5.41) is 2.86. The van der Waals surface area contributed by atoms with Crippen LogP contribution >= 0.6 is 12.4 Å². The van der Waals surface area contributed by atoms with Crippen molar-refractivity contribution in [3.05, 3.63) is 29.3 Å². The van der Waals surface area contributed by atoms with Crippen LogP contribution in [0.5, 0.6) is 5.75 Å². The molecule has 0 unspecified atom stereocenters. The number of benzene rings is 1. The second kappa shape index (κ2) is 5.96. The number of methoxy groups -OCH3 is 1. The monoisotopic (exact) mass is 255 g/mol. The lowest BCUT2D eigenvalue weighted by atomic mass is 10.1. The third-order valence-corrected chi connectivity index (χ3v) is 1.95. The predicted octanol–water partition coefficient (Wildman–Crippen LogP) is 2.86. The molecule has 0 heterocycles. The van der Waals surface area contributed by atoms with Gasteiger partial charge in [-0.3, -0.25) is 0 Å². The molecule has 0 amide bonds. The maximum atomic E-state index is 12.5. The van der Waals surface area contributed by atoms with Crippen LogP contribution in [0.15, 0.2) is 18.2 Å². The topological polar surface area (TPSA) is 21.3 Å². The zero-order chi connectivity index (χ0) is 11.5. The van der Waals surface area contributed by atoms with E-state index in [2.05, 4.69) is 5.32 Å². The number of halogens is 4. The van der Waals surface area contributed by atoms with Crippen LogP contribution in [0.4, 0.5) is 13.2 Å². The molecule has 0 bridgehead atoms. The quantitative estimate of drug-likeness (QED) is 0.897. The second-order valence-electron chi connectivity index (χ2n) is 3.06. The predicted molar refractivity (Wildman–Crippen MR) is 58.0 cm³/mol. The fraction of sp³-hybridized carbons (Fsp3) is 0.400. The molecule has 6 heteroatoms. The van der Waals surface area contributed by atoms with Crippen LogP contribution in [0, 0.1) is 0 Å². The molecule has 0 aliphatic rings. The molecule has 0 aliphatic carbocycles. The Labute approximate surface area is 98.2 Å². The summed E-state index contributed by atoms with van der Waals surface area (Å²) in [5.74, 6) is -0.143. The van der Waals surface area contributed by atoms with Gasteiger partial charge < -0.3 is 10.1 Å². The van der Waals surface area contributed by atoms with Gasteiger partial charge in [0.1, 0.15) is 5.75 Å². The number of hydrogen-bond acceptors (Lipinski definition) is 2. The first-order valence-corrected chi connectivity index (χ1v) is 4.37. The lowest BCUT2D eigenvalue weighted by Crippen LogP contribution is -2.10. The molecule has 0 fully saturated rings. The van der Waals surface area contributed by atoms with Gasteiger partial charge in [0.25, 0.3) is 0 Å². The Morgan fingerprint density at radius 3 is 2.38 bits per heavy atom. The van der Waals surface area contributed by atoms with E-state index in [0.29, 0.717) is 6.54 Å². The Morgan fingerprint density at radius 1 is 1.31 bits per heavy atom. The molecular weight excluding hydrogens is 243 g/mol. The van der Waals surface area contributed by atoms with E-state index in [1.165, 1.54) is 19.2 Å². The van der Waals surface area contributed by atoms with Gasteiger partial charge in [-0.25, -0.2) is 0 Å². The molecule has 0 saturated heterocycles. The van der Waals surface area contributed by atoms with Gasteiger partial charge in [0.05, 0.1) is 12.7 Å². The van der Waals surface area contributed by atoms with Crippen molar-refractivity contribution in [2.75, 3.05) is 14.2 Å². The van der Waals surface area contributed by atoms with Crippen molar-refractivity contribution in [3.8, 4) is 5.75 Å². The second-order valence-corrected chi connectivity index (χ2v) is 3.06. The molecule has 1 aromatic carbocycles. The highest BCUT2D eigenvalue weighted by Gasteiger charge is 2.34. The maximum Gasteiger partial charge on any atom is 0.419 e. The van der Waals surface area contributed by atoms with Crippen molar-refractivity contribution >= 4 is 12.4 Å². The molecule has 1 N–H and O–H groups in total. The summed E-state index contributed by atoms with van der Waals surface area (Å²) in [6.07, 6.45) is -4.37. The van der Waals surface area contributed by atoms with Gasteiger partial charge in [-0.05, 0) is 24.7 Å². The molecule has 0 atom stereocenters. The molecular formula is C10H13ClF3NO. The Bertz CT molecular complexity index is 341. The van der Waals surface area contributed by atoms with E-state index in [9.17, 15) is 13.2 Å². The summed E-state index contributed by atoms with van der Waals surface area (Å²) in [6, 6.07) is 3.85. The molecule has 0 saturated carbocycles. The number of alkyl halides is 3. The Morgan fingerprint density at radius 2 is 1.94 bits per heavy atom. The highest BCUT2D eigenvalue weighted by atomic mass is 35.5. The molecule has 1 rings (SSSR count). The summed E-state index contributed by atoms with van der Waals surface area (Å²) in [5.41, 5.74) is 0.00667. The van der Waals surface area contributed by atoms with Gasteiger partial charge in [-0.15, -0.1) is 12.4 Å². The largest absolute Gasteiger partial charge is 0.496 e. The normalized spacial score (nSPS) is 10.8. The Balaban J connectivity index is 0.00000225. The average Bonchev–Trinajstić information content (AvgIpc) is 2.16. The van der Waals surface area contributed by atoms with Gasteiger partial charge in [-0.2, -0.15) is 13.2 Å². The minimum absolute atomic E-state index is 0. The van der Waals surface area contributed by atoms with E-state index >= 15 is 0 Å². The third kappa shape index (κ3) is 3.57. The Hall–Kier alpha value is -0.940. The van der Waals surface area contributed by atoms with Crippen LogP contribution in [0.1, 0.15) is 11.1 Å². The zero-order valence-corrected chi connectivity index (χ0v) is 9.71. The van der Waals surface area contributed by atoms with Crippen molar-refractivity contribution in [2.24, 2.45) is 0 Å². The minimum Gasteiger partial charge on any atom is -0.496 e. The highest BCUT2D eigenvalue weighted by Crippen LogP contribution is 2.36. The first kappa shape index (κ1) is 15.1. The lowest BCUT2D eigenvalue weighted by Gasteiger charge is -2.13. The van der Waals surface area contributed by atoms with Crippen molar-refractivity contribution in [1.29, 1.82) is 0 Å². The van der Waals surface area contributed by atoms with Crippen molar-refractivity contribution in [3.63, 3.8) is 0 Å². The van der Waals surface area contributed by atoms with Gasteiger partial charge in [-0.1, -0.05) is 6.07 Å². The minimum atomic E-state index is -4.37. The van der Waals surface area contributed by atoms with Crippen LogP contribution < -0.4 is 10.1 Å². The number of rotatable bonds is 3. The van der Waals surface area contributed by atoms with E-state index < -0.39 is 11.7 Å². The summed E-state index contributed by atoms with van der Waals surface area (Å²) in [4.78, 5) is 0. The molecule has 2 nitrogen and oxygen atoms in total. The number of nitrogens with one attached hydrogen (secondary N) is 1. The third-order valence-electron chi connectivity index (χ3n) is 1.95. The van der Waals surface area contributed by atoms with Crippen LogP contribution in [0.3, 0.4) is 0 Å².